The van der Waals surface area contributed by atoms with E-state index in [-0.39, 0.29) is 35.2 Å². The molecule has 0 aliphatic carbocycles. The molecular weight excluding hydrogens is 579 g/mol. The van der Waals surface area contributed by atoms with Crippen molar-refractivity contribution in [2.45, 2.75) is 12.8 Å². The molecule has 224 valence electrons. The minimum atomic E-state index is -4.89. The molecule has 0 aliphatic rings. The monoisotopic (exact) mass is 603 g/mol. The quantitative estimate of drug-likeness (QED) is 0.136. The lowest BCUT2D eigenvalue weighted by Gasteiger charge is -2.11. The van der Waals surface area contributed by atoms with Gasteiger partial charge in [-0.15, -0.1) is 13.2 Å². The summed E-state index contributed by atoms with van der Waals surface area (Å²) >= 11 is 0. The van der Waals surface area contributed by atoms with Crippen LogP contribution in [-0.2, 0) is 4.79 Å². The Kier molecular flexibility index (Phi) is 9.92. The van der Waals surface area contributed by atoms with Crippen LogP contribution >= 0.6 is 0 Å². The summed E-state index contributed by atoms with van der Waals surface area (Å²) in [5, 5.41) is 11.2. The summed E-state index contributed by atoms with van der Waals surface area (Å²) in [5.41, 5.74) is 0.691. The molecule has 0 saturated heterocycles. The van der Waals surface area contributed by atoms with Gasteiger partial charge in [-0.1, -0.05) is 42.5 Å². The molecule has 44 heavy (non-hydrogen) atoms. The van der Waals surface area contributed by atoms with Crippen LogP contribution in [0, 0.1) is 0 Å². The number of nitrogens with one attached hydrogen (secondary N) is 1. The van der Waals surface area contributed by atoms with E-state index < -0.39 is 35.6 Å². The third-order valence-electron chi connectivity index (χ3n) is 6.07. The average Bonchev–Trinajstić information content (AvgIpc) is 3.00. The molecule has 4 aromatic carbocycles. The molecule has 0 fully saturated rings. The zero-order valence-electron chi connectivity index (χ0n) is 22.8. The van der Waals surface area contributed by atoms with Crippen molar-refractivity contribution < 1.29 is 46.9 Å². The molecule has 0 spiro atoms. The zero-order valence-corrected chi connectivity index (χ0v) is 22.8. The number of para-hydroxylation sites is 1. The number of alkyl halides is 3. The summed E-state index contributed by atoms with van der Waals surface area (Å²) in [6.07, 6.45) is -4.06. The molecule has 8 nitrogen and oxygen atoms in total. The van der Waals surface area contributed by atoms with Crippen molar-refractivity contribution in [3.05, 3.63) is 131 Å². The topological polar surface area (TPSA) is 119 Å². The van der Waals surface area contributed by atoms with Gasteiger partial charge in [-0.3, -0.25) is 19.2 Å². The van der Waals surface area contributed by atoms with Gasteiger partial charge in [-0.2, -0.15) is 0 Å². The number of aliphatic carboxylic acids is 1. The van der Waals surface area contributed by atoms with Gasteiger partial charge in [0.25, 0.3) is 5.91 Å². The van der Waals surface area contributed by atoms with Crippen LogP contribution in [0.1, 0.15) is 43.1 Å². The van der Waals surface area contributed by atoms with Gasteiger partial charge in [0.1, 0.15) is 17.2 Å². The molecule has 0 saturated carbocycles. The Balaban J connectivity index is 1.61. The van der Waals surface area contributed by atoms with E-state index in [9.17, 15) is 32.3 Å². The summed E-state index contributed by atoms with van der Waals surface area (Å²) in [7, 11) is 0. The molecule has 4 rings (SSSR count). The Labute approximate surface area is 249 Å². The van der Waals surface area contributed by atoms with Crippen LogP contribution in [-0.4, -0.2) is 41.5 Å². The maximum Gasteiger partial charge on any atom is 0.573 e. The first-order chi connectivity index (χ1) is 21.0. The summed E-state index contributed by atoms with van der Waals surface area (Å²) < 4.78 is 47.2. The van der Waals surface area contributed by atoms with Crippen LogP contribution < -0.4 is 14.8 Å². The smallest absolute Gasteiger partial charge is 0.481 e. The number of carbonyl (C=O) groups is 4. The normalized spacial score (nSPS) is 11.4. The second kappa shape index (κ2) is 14.0. The van der Waals surface area contributed by atoms with Crippen molar-refractivity contribution in [1.82, 2.24) is 5.32 Å². The minimum absolute atomic E-state index is 0.0160. The number of halogens is 3. The fraction of sp³-hybridized carbons (Fsp3) is 0.0909. The van der Waals surface area contributed by atoms with Crippen molar-refractivity contribution in [3.8, 4) is 17.2 Å². The van der Waals surface area contributed by atoms with Gasteiger partial charge in [0, 0.05) is 28.8 Å². The van der Waals surface area contributed by atoms with Crippen LogP contribution in [0.2, 0.25) is 0 Å². The number of ether oxygens (including phenoxy) is 2. The Hall–Kier alpha value is -5.71. The minimum Gasteiger partial charge on any atom is -0.481 e. The third-order valence-corrected chi connectivity index (χ3v) is 6.07. The van der Waals surface area contributed by atoms with Gasteiger partial charge in [-0.25, -0.2) is 0 Å². The molecule has 0 heterocycles. The molecule has 1 amide bonds. The molecule has 4 aromatic rings. The number of hydrogen-bond donors (Lipinski definition) is 2. The highest BCUT2D eigenvalue weighted by molar-refractivity contribution is 6.32. The van der Waals surface area contributed by atoms with Crippen molar-refractivity contribution >= 4 is 29.0 Å². The number of rotatable bonds is 12. The number of amides is 1. The first-order valence-electron chi connectivity index (χ1n) is 13.1. The number of carboxylic acid groups (broad SMARTS) is 1. The summed E-state index contributed by atoms with van der Waals surface area (Å²) in [6, 6.07) is 25.2. The van der Waals surface area contributed by atoms with Gasteiger partial charge in [0.2, 0.25) is 0 Å². The van der Waals surface area contributed by atoms with Gasteiger partial charge in [0.15, 0.2) is 11.6 Å². The molecular formula is C33H24F3NO7. The second-order valence-corrected chi connectivity index (χ2v) is 9.24. The van der Waals surface area contributed by atoms with Crippen molar-refractivity contribution in [2.75, 3.05) is 6.54 Å². The molecule has 0 aliphatic heterocycles. The largest absolute Gasteiger partial charge is 0.573 e. The van der Waals surface area contributed by atoms with E-state index in [1.807, 2.05) is 18.2 Å². The summed E-state index contributed by atoms with van der Waals surface area (Å²) in [5.74, 6) is -2.25. The number of hydrogen-bond acceptors (Lipinski definition) is 6. The molecule has 0 unspecified atom stereocenters. The van der Waals surface area contributed by atoms with E-state index in [0.29, 0.717) is 17.1 Å². The summed E-state index contributed by atoms with van der Waals surface area (Å²) in [4.78, 5) is 49.8. The van der Waals surface area contributed by atoms with Crippen molar-refractivity contribution in [1.29, 1.82) is 0 Å². The van der Waals surface area contributed by atoms with E-state index in [0.717, 1.165) is 30.3 Å². The van der Waals surface area contributed by atoms with Crippen LogP contribution in [0.25, 0.3) is 5.57 Å². The standard InChI is InChI=1S/C33H24F3NO7/c34-33(35,36)44-27-16-12-22(13-17-27)29(38)20-28(21-10-14-26(15-11-21)43-25-4-2-1-3-5-25)31(41)23-6-8-24(9-7-23)32(42)37-19-18-30(39)40/h1-17,20H,18-19H2,(H,37,42)(H,39,40)/b28-20-. The third kappa shape index (κ3) is 8.89. The van der Waals surface area contributed by atoms with Crippen molar-refractivity contribution in [3.63, 3.8) is 0 Å². The highest BCUT2D eigenvalue weighted by atomic mass is 19.4. The highest BCUT2D eigenvalue weighted by Crippen LogP contribution is 2.27. The highest BCUT2D eigenvalue weighted by Gasteiger charge is 2.31. The zero-order chi connectivity index (χ0) is 31.7. The fourth-order valence-electron chi connectivity index (χ4n) is 3.96. The van der Waals surface area contributed by atoms with E-state index in [4.69, 9.17) is 9.84 Å². The van der Waals surface area contributed by atoms with Crippen LogP contribution in [0.15, 0.2) is 109 Å². The molecule has 0 atom stereocenters. The SMILES string of the molecule is O=C(O)CCNC(=O)c1ccc(C(=O)/C(=C\C(=O)c2ccc(OC(F)(F)F)cc2)c2ccc(Oc3ccccc3)cc2)cc1. The van der Waals surface area contributed by atoms with Crippen molar-refractivity contribution in [2.24, 2.45) is 0 Å². The average molecular weight is 604 g/mol. The molecule has 0 bridgehead atoms. The molecule has 2 N–H and O–H groups in total. The molecule has 0 radical (unpaired) electrons. The lowest BCUT2D eigenvalue weighted by atomic mass is 9.94. The predicted octanol–water partition coefficient (Wildman–Crippen LogP) is 6.73. The molecule has 0 aromatic heterocycles. The number of Topliss-reactive ketones (excluding diaryl/α,β-unsaturated/α-hetero) is 1. The Bertz CT molecular complexity index is 1660. The van der Waals surface area contributed by atoms with Gasteiger partial charge < -0.3 is 19.9 Å². The first-order valence-corrected chi connectivity index (χ1v) is 13.1. The Morgan fingerprint density at radius 2 is 1.20 bits per heavy atom. The van der Waals surface area contributed by atoms with Crippen LogP contribution in [0.3, 0.4) is 0 Å². The number of allylic oxidation sites excluding steroid dienone is 2. The van der Waals surface area contributed by atoms with Crippen LogP contribution in [0.4, 0.5) is 13.2 Å². The number of carboxylic acids is 1. The Morgan fingerprint density at radius 1 is 0.682 bits per heavy atom. The van der Waals surface area contributed by atoms with Gasteiger partial charge in [-0.05, 0) is 72.3 Å². The number of benzene rings is 4. The lowest BCUT2D eigenvalue weighted by Crippen LogP contribution is -2.26. The van der Waals surface area contributed by atoms with E-state index >= 15 is 0 Å². The van der Waals surface area contributed by atoms with Gasteiger partial charge >= 0.3 is 12.3 Å². The number of ketones is 2. The maximum absolute atomic E-state index is 13.7. The van der Waals surface area contributed by atoms with E-state index in [1.54, 1.807) is 36.4 Å². The maximum atomic E-state index is 13.7. The Morgan fingerprint density at radius 3 is 1.80 bits per heavy atom. The molecule has 11 heteroatoms. The second-order valence-electron chi connectivity index (χ2n) is 9.24. The van der Waals surface area contributed by atoms with E-state index in [2.05, 4.69) is 10.1 Å². The first kappa shape index (κ1) is 31.2. The summed E-state index contributed by atoms with van der Waals surface area (Å²) in [6.45, 7) is -0.0723. The van der Waals surface area contributed by atoms with Crippen LogP contribution in [0.5, 0.6) is 17.2 Å². The van der Waals surface area contributed by atoms with Gasteiger partial charge in [0.05, 0.1) is 6.42 Å². The number of carbonyl (C=O) groups excluding carboxylic acids is 3. The lowest BCUT2D eigenvalue weighted by molar-refractivity contribution is -0.274. The fourth-order valence-corrected chi connectivity index (χ4v) is 3.96. The predicted molar refractivity (Wildman–Crippen MR) is 154 cm³/mol. The van der Waals surface area contributed by atoms with E-state index in [1.165, 1.54) is 24.3 Å².